The van der Waals surface area contributed by atoms with Crippen molar-refractivity contribution in [3.8, 4) is 11.3 Å². The molecule has 7 heteroatoms. The van der Waals surface area contributed by atoms with Gasteiger partial charge in [0.2, 0.25) is 0 Å². The average molecular weight is 367 g/mol. The zero-order valence-corrected chi connectivity index (χ0v) is 15.6. The zero-order valence-electron chi connectivity index (χ0n) is 14.8. The van der Waals surface area contributed by atoms with Gasteiger partial charge in [0.1, 0.15) is 10.6 Å². The first kappa shape index (κ1) is 17.1. The molecular weight excluding hydrogens is 346 g/mol. The van der Waals surface area contributed by atoms with Crippen molar-refractivity contribution >= 4 is 33.6 Å². The number of aliphatic hydroxyl groups is 1. The highest BCUT2D eigenvalue weighted by Gasteiger charge is 2.31. The number of hydrogen-bond acceptors (Lipinski definition) is 7. The van der Waals surface area contributed by atoms with Crippen LogP contribution in [0.5, 0.6) is 0 Å². The van der Waals surface area contributed by atoms with Crippen LogP contribution in [0.25, 0.3) is 21.5 Å². The Labute approximate surface area is 156 Å². The number of anilines is 1. The number of nitrogens with zero attached hydrogens (tertiary/aromatic N) is 4. The fourth-order valence-electron chi connectivity index (χ4n) is 3.30. The van der Waals surface area contributed by atoms with Gasteiger partial charge in [0.05, 0.1) is 11.8 Å². The standard InChI is InChI=1S/C19H21N5OS/c1-21-7-13-5-12(8-22-18(13)20)15-4-3-11-6-16(26-19(11)23-15)17(25)14-9-24(2)10-14/h3-8,14,17,25H,9-10H2,1-2H3,(H2,20,22). The van der Waals surface area contributed by atoms with Crippen molar-refractivity contribution in [2.24, 2.45) is 10.9 Å². The molecule has 0 amide bonds. The van der Waals surface area contributed by atoms with Crippen molar-refractivity contribution in [3.63, 3.8) is 0 Å². The van der Waals surface area contributed by atoms with Gasteiger partial charge < -0.3 is 15.7 Å². The number of pyridine rings is 2. The van der Waals surface area contributed by atoms with Crippen LogP contribution < -0.4 is 5.73 Å². The van der Waals surface area contributed by atoms with Crippen molar-refractivity contribution in [1.29, 1.82) is 0 Å². The van der Waals surface area contributed by atoms with Crippen LogP contribution in [0.4, 0.5) is 5.82 Å². The van der Waals surface area contributed by atoms with Crippen molar-refractivity contribution in [2.75, 3.05) is 32.9 Å². The number of rotatable bonds is 4. The van der Waals surface area contributed by atoms with E-state index in [1.165, 1.54) is 0 Å². The van der Waals surface area contributed by atoms with Gasteiger partial charge in [0.15, 0.2) is 0 Å². The Morgan fingerprint density at radius 2 is 2.19 bits per heavy atom. The first-order valence-corrected chi connectivity index (χ1v) is 9.32. The molecule has 3 aromatic rings. The summed E-state index contributed by atoms with van der Waals surface area (Å²) in [5, 5.41) is 11.6. The highest BCUT2D eigenvalue weighted by atomic mass is 32.1. The van der Waals surface area contributed by atoms with Gasteiger partial charge in [-0.2, -0.15) is 0 Å². The van der Waals surface area contributed by atoms with E-state index in [0.717, 1.165) is 45.0 Å². The van der Waals surface area contributed by atoms with Crippen molar-refractivity contribution in [1.82, 2.24) is 14.9 Å². The van der Waals surface area contributed by atoms with Gasteiger partial charge in [-0.05, 0) is 31.3 Å². The molecule has 0 bridgehead atoms. The quantitative estimate of drug-likeness (QED) is 0.692. The first-order valence-electron chi connectivity index (χ1n) is 8.50. The molecule has 0 radical (unpaired) electrons. The third-order valence-corrected chi connectivity index (χ3v) is 5.86. The molecule has 1 aliphatic heterocycles. The minimum absolute atomic E-state index is 0.310. The maximum atomic E-state index is 10.6. The lowest BCUT2D eigenvalue weighted by Crippen LogP contribution is -2.46. The molecule has 4 rings (SSSR count). The van der Waals surface area contributed by atoms with Crippen LogP contribution in [-0.4, -0.2) is 53.4 Å². The van der Waals surface area contributed by atoms with E-state index >= 15 is 0 Å². The molecule has 134 valence electrons. The number of nitrogen functional groups attached to an aromatic ring is 1. The lowest BCUT2D eigenvalue weighted by molar-refractivity contribution is 0.0110. The topological polar surface area (TPSA) is 87.6 Å². The van der Waals surface area contributed by atoms with Gasteiger partial charge in [0.25, 0.3) is 0 Å². The minimum atomic E-state index is -0.417. The van der Waals surface area contributed by atoms with Crippen LogP contribution in [-0.2, 0) is 0 Å². The van der Waals surface area contributed by atoms with Crippen molar-refractivity contribution < 1.29 is 5.11 Å². The molecule has 4 heterocycles. The molecule has 1 unspecified atom stereocenters. The van der Waals surface area contributed by atoms with Crippen LogP contribution in [0.1, 0.15) is 16.5 Å². The Bertz CT molecular complexity index is 977. The van der Waals surface area contributed by atoms with Crippen LogP contribution >= 0.6 is 11.3 Å². The molecule has 1 fully saturated rings. The van der Waals surface area contributed by atoms with Crippen molar-refractivity contribution in [3.05, 3.63) is 40.9 Å². The fraction of sp³-hybridized carbons (Fsp3) is 0.316. The van der Waals surface area contributed by atoms with E-state index in [9.17, 15) is 5.11 Å². The molecule has 1 saturated heterocycles. The third-order valence-electron chi connectivity index (χ3n) is 4.75. The van der Waals surface area contributed by atoms with E-state index in [2.05, 4.69) is 28.0 Å². The smallest absolute Gasteiger partial charge is 0.132 e. The molecule has 3 aromatic heterocycles. The SMILES string of the molecule is CN=Cc1cc(-c2ccc3cc(C(O)C4CN(C)C4)sc3n2)cnc1N. The number of nitrogens with two attached hydrogens (primary N) is 1. The lowest BCUT2D eigenvalue weighted by atomic mass is 9.93. The third kappa shape index (κ3) is 3.09. The predicted molar refractivity (Wildman–Crippen MR) is 107 cm³/mol. The minimum Gasteiger partial charge on any atom is -0.387 e. The second-order valence-electron chi connectivity index (χ2n) is 6.75. The van der Waals surface area contributed by atoms with Gasteiger partial charge in [-0.3, -0.25) is 4.99 Å². The highest BCUT2D eigenvalue weighted by molar-refractivity contribution is 7.18. The van der Waals surface area contributed by atoms with E-state index in [0.29, 0.717) is 11.7 Å². The molecule has 3 N–H and O–H groups in total. The molecule has 0 spiro atoms. The molecule has 1 aliphatic rings. The summed E-state index contributed by atoms with van der Waals surface area (Å²) in [5.74, 6) is 0.761. The number of aromatic nitrogens is 2. The maximum Gasteiger partial charge on any atom is 0.132 e. The van der Waals surface area contributed by atoms with Gasteiger partial charge in [-0.25, -0.2) is 9.97 Å². The Morgan fingerprint density at radius 3 is 2.92 bits per heavy atom. The summed E-state index contributed by atoms with van der Waals surface area (Å²) in [6, 6.07) is 8.01. The lowest BCUT2D eigenvalue weighted by Gasteiger charge is -2.38. The van der Waals surface area contributed by atoms with Gasteiger partial charge in [-0.1, -0.05) is 0 Å². The molecule has 26 heavy (non-hydrogen) atoms. The summed E-state index contributed by atoms with van der Waals surface area (Å²) >= 11 is 1.56. The molecule has 1 atom stereocenters. The van der Waals surface area contributed by atoms with E-state index in [4.69, 9.17) is 10.7 Å². The van der Waals surface area contributed by atoms with E-state index < -0.39 is 6.10 Å². The molecule has 0 saturated carbocycles. The molecule has 0 aliphatic carbocycles. The van der Waals surface area contributed by atoms with Crippen LogP contribution in [0, 0.1) is 5.92 Å². The Kier molecular flexibility index (Phi) is 4.44. The molecular formula is C19H21N5OS. The van der Waals surface area contributed by atoms with Crippen LogP contribution in [0.15, 0.2) is 35.5 Å². The predicted octanol–water partition coefficient (Wildman–Crippen LogP) is 2.58. The number of aliphatic hydroxyl groups excluding tert-OH is 1. The Morgan fingerprint density at radius 1 is 1.38 bits per heavy atom. The fourth-order valence-corrected chi connectivity index (χ4v) is 4.41. The summed E-state index contributed by atoms with van der Waals surface area (Å²) in [4.78, 5) is 17.1. The zero-order chi connectivity index (χ0) is 18.3. The molecule has 0 aromatic carbocycles. The van der Waals surface area contributed by atoms with Crippen molar-refractivity contribution in [2.45, 2.75) is 6.10 Å². The Balaban J connectivity index is 1.66. The number of hydrogen-bond donors (Lipinski definition) is 2. The number of likely N-dealkylation sites (tertiary alicyclic amines) is 1. The summed E-state index contributed by atoms with van der Waals surface area (Å²) in [6.07, 6.45) is 3.00. The average Bonchev–Trinajstić information content (AvgIpc) is 3.04. The van der Waals surface area contributed by atoms with Gasteiger partial charge in [0, 0.05) is 59.9 Å². The second kappa shape index (κ2) is 6.75. The molecule has 6 nitrogen and oxygen atoms in total. The Hall–Kier alpha value is -2.35. The van der Waals surface area contributed by atoms with Gasteiger partial charge in [-0.15, -0.1) is 11.3 Å². The second-order valence-corrected chi connectivity index (χ2v) is 7.81. The summed E-state index contributed by atoms with van der Waals surface area (Å²) in [6.45, 7) is 1.87. The largest absolute Gasteiger partial charge is 0.387 e. The number of thiophene rings is 1. The van der Waals surface area contributed by atoms with E-state index in [-0.39, 0.29) is 0 Å². The number of aliphatic imine (C=N–C) groups is 1. The maximum absolute atomic E-state index is 10.6. The van der Waals surface area contributed by atoms with E-state index in [1.54, 1.807) is 30.8 Å². The number of fused-ring (bicyclic) bond motifs is 1. The van der Waals surface area contributed by atoms with Crippen LogP contribution in [0.3, 0.4) is 0 Å². The summed E-state index contributed by atoms with van der Waals surface area (Å²) < 4.78 is 0. The van der Waals surface area contributed by atoms with Crippen LogP contribution in [0.2, 0.25) is 0 Å². The highest BCUT2D eigenvalue weighted by Crippen LogP contribution is 2.36. The normalized spacial score (nSPS) is 17.0. The first-order chi connectivity index (χ1) is 12.5. The summed E-state index contributed by atoms with van der Waals surface area (Å²) in [5.41, 5.74) is 8.40. The monoisotopic (exact) mass is 367 g/mol. The van der Waals surface area contributed by atoms with Gasteiger partial charge >= 0.3 is 0 Å². The summed E-state index contributed by atoms with van der Waals surface area (Å²) in [7, 11) is 3.77. The van der Waals surface area contributed by atoms with E-state index in [1.807, 2.05) is 18.2 Å².